The van der Waals surface area contributed by atoms with Crippen LogP contribution in [0.25, 0.3) is 0 Å². The minimum Gasteiger partial charge on any atom is -0.490 e. The molecule has 2 amide bonds. The molecular formula is C24H32N2O7. The summed E-state index contributed by atoms with van der Waals surface area (Å²) in [5, 5.41) is 0. The molecule has 9 nitrogen and oxygen atoms in total. The first-order valence-corrected chi connectivity index (χ1v) is 11.0. The minimum atomic E-state index is -0.542. The summed E-state index contributed by atoms with van der Waals surface area (Å²) >= 11 is 0. The molecule has 0 aliphatic carbocycles. The van der Waals surface area contributed by atoms with Crippen molar-refractivity contribution in [3.63, 3.8) is 0 Å². The van der Waals surface area contributed by atoms with E-state index in [4.69, 9.17) is 23.7 Å². The van der Waals surface area contributed by atoms with Crippen LogP contribution in [0.5, 0.6) is 28.7 Å². The van der Waals surface area contributed by atoms with Crippen LogP contribution >= 0.6 is 0 Å². The highest BCUT2D eigenvalue weighted by Crippen LogP contribution is 2.39. The Hall–Kier alpha value is -3.62. The normalized spacial score (nSPS) is 10.2. The van der Waals surface area contributed by atoms with E-state index in [1.54, 1.807) is 18.2 Å². The topological polar surface area (TPSA) is 104 Å². The Labute approximate surface area is 194 Å². The second-order valence-corrected chi connectivity index (χ2v) is 6.69. The lowest BCUT2D eigenvalue weighted by Crippen LogP contribution is -2.43. The van der Waals surface area contributed by atoms with Gasteiger partial charge >= 0.3 is 0 Å². The largest absolute Gasteiger partial charge is 0.490 e. The molecule has 0 aliphatic rings. The van der Waals surface area contributed by atoms with Crippen LogP contribution in [0.2, 0.25) is 0 Å². The molecule has 0 atom stereocenters. The quantitative estimate of drug-likeness (QED) is 0.441. The first kappa shape index (κ1) is 25.6. The highest BCUT2D eigenvalue weighted by molar-refractivity contribution is 5.96. The molecule has 9 heteroatoms. The number of nitrogens with one attached hydrogen (secondary N) is 2. The van der Waals surface area contributed by atoms with Crippen LogP contribution < -0.4 is 34.5 Å². The van der Waals surface area contributed by atoms with E-state index in [9.17, 15) is 9.59 Å². The van der Waals surface area contributed by atoms with Gasteiger partial charge in [-0.2, -0.15) is 0 Å². The highest BCUT2D eigenvalue weighted by Gasteiger charge is 2.19. The first-order valence-electron chi connectivity index (χ1n) is 11.0. The molecule has 0 bridgehead atoms. The van der Waals surface area contributed by atoms with Crippen LogP contribution in [-0.4, -0.2) is 44.8 Å². The Morgan fingerprint density at radius 2 is 1.30 bits per heavy atom. The van der Waals surface area contributed by atoms with E-state index < -0.39 is 11.8 Å². The van der Waals surface area contributed by atoms with Gasteiger partial charge in [-0.15, -0.1) is 0 Å². The zero-order chi connectivity index (χ0) is 24.1. The summed E-state index contributed by atoms with van der Waals surface area (Å²) in [6, 6.07) is 10.2. The lowest BCUT2D eigenvalue weighted by Gasteiger charge is -2.17. The number of carbonyl (C=O) groups excluding carboxylic acids is 2. The predicted molar refractivity (Wildman–Crippen MR) is 123 cm³/mol. The van der Waals surface area contributed by atoms with Crippen molar-refractivity contribution in [3.8, 4) is 28.7 Å². The molecule has 2 aromatic carbocycles. The summed E-state index contributed by atoms with van der Waals surface area (Å²) in [6.45, 7) is 8.92. The Bertz CT molecular complexity index is 890. The smallest absolute Gasteiger partial charge is 0.276 e. The summed E-state index contributed by atoms with van der Waals surface area (Å²) in [5.74, 6) is 1.12. The number of carbonyl (C=O) groups is 2. The number of hydrazine groups is 1. The third-order valence-electron chi connectivity index (χ3n) is 4.16. The van der Waals surface area contributed by atoms with Crippen LogP contribution in [-0.2, 0) is 4.79 Å². The Morgan fingerprint density at radius 3 is 1.85 bits per heavy atom. The van der Waals surface area contributed by atoms with E-state index in [2.05, 4.69) is 10.9 Å². The van der Waals surface area contributed by atoms with Crippen LogP contribution in [0, 0.1) is 0 Å². The SMILES string of the molecule is CCCOc1ccccc1OCC(=O)NNC(=O)c1cc(OCC)c(OCC)c(OCC)c1. The van der Waals surface area contributed by atoms with Gasteiger partial charge in [0.2, 0.25) is 5.75 Å². The molecule has 33 heavy (non-hydrogen) atoms. The average molecular weight is 461 g/mol. The van der Waals surface area contributed by atoms with Gasteiger partial charge in [0.1, 0.15) is 0 Å². The van der Waals surface area contributed by atoms with Crippen LogP contribution in [0.1, 0.15) is 44.5 Å². The Morgan fingerprint density at radius 1 is 0.727 bits per heavy atom. The Kier molecular flexibility index (Phi) is 10.7. The first-order chi connectivity index (χ1) is 16.0. The van der Waals surface area contributed by atoms with Crippen LogP contribution in [0.3, 0.4) is 0 Å². The van der Waals surface area contributed by atoms with Gasteiger partial charge in [-0.05, 0) is 51.5 Å². The highest BCUT2D eigenvalue weighted by atomic mass is 16.5. The fraction of sp³-hybridized carbons (Fsp3) is 0.417. The third kappa shape index (κ3) is 7.78. The minimum absolute atomic E-state index is 0.241. The molecule has 2 N–H and O–H groups in total. The van der Waals surface area contributed by atoms with E-state index >= 15 is 0 Å². The number of hydrogen-bond donors (Lipinski definition) is 2. The van der Waals surface area contributed by atoms with E-state index in [0.717, 1.165) is 6.42 Å². The standard InChI is InChI=1S/C24H32N2O7/c1-5-13-32-18-11-9-10-12-19(18)33-16-22(27)25-26-24(28)17-14-20(29-6-2)23(31-8-4)21(15-17)30-7-3/h9-12,14-15H,5-8,13,16H2,1-4H3,(H,25,27)(H,26,28). The van der Waals surface area contributed by atoms with Crippen LogP contribution in [0.4, 0.5) is 0 Å². The van der Waals surface area contributed by atoms with Crippen molar-refractivity contribution < 1.29 is 33.3 Å². The third-order valence-corrected chi connectivity index (χ3v) is 4.16. The van der Waals surface area contributed by atoms with Gasteiger partial charge in [-0.1, -0.05) is 19.1 Å². The number of rotatable bonds is 13. The van der Waals surface area contributed by atoms with Crippen molar-refractivity contribution in [3.05, 3.63) is 42.0 Å². The van der Waals surface area contributed by atoms with Gasteiger partial charge in [-0.3, -0.25) is 20.4 Å². The molecule has 2 aromatic rings. The van der Waals surface area contributed by atoms with Gasteiger partial charge in [0.05, 0.1) is 26.4 Å². The summed E-state index contributed by atoms with van der Waals surface area (Å²) in [5.41, 5.74) is 4.95. The molecule has 0 heterocycles. The number of amides is 2. The lowest BCUT2D eigenvalue weighted by molar-refractivity contribution is -0.123. The van der Waals surface area contributed by atoms with E-state index in [-0.39, 0.29) is 12.2 Å². The molecule has 0 aliphatic heterocycles. The van der Waals surface area contributed by atoms with E-state index in [1.165, 1.54) is 12.1 Å². The summed E-state index contributed by atoms with van der Waals surface area (Å²) in [6.07, 6.45) is 0.850. The van der Waals surface area contributed by atoms with Gasteiger partial charge < -0.3 is 23.7 Å². The van der Waals surface area contributed by atoms with Crippen molar-refractivity contribution in [2.24, 2.45) is 0 Å². The van der Waals surface area contributed by atoms with Crippen molar-refractivity contribution in [2.75, 3.05) is 33.0 Å². The maximum absolute atomic E-state index is 12.6. The van der Waals surface area contributed by atoms with Gasteiger partial charge in [-0.25, -0.2) is 0 Å². The summed E-state index contributed by atoms with van der Waals surface area (Å²) < 4.78 is 28.0. The number of benzene rings is 2. The van der Waals surface area contributed by atoms with E-state index in [0.29, 0.717) is 55.2 Å². The van der Waals surface area contributed by atoms with Gasteiger partial charge in [0.15, 0.2) is 29.6 Å². The molecule has 0 radical (unpaired) electrons. The zero-order valence-corrected chi connectivity index (χ0v) is 19.6. The molecule has 0 saturated carbocycles. The number of hydrogen-bond acceptors (Lipinski definition) is 7. The molecular weight excluding hydrogens is 428 g/mol. The number of ether oxygens (including phenoxy) is 5. The second-order valence-electron chi connectivity index (χ2n) is 6.69. The summed E-state index contributed by atoms with van der Waals surface area (Å²) in [7, 11) is 0. The monoisotopic (exact) mass is 460 g/mol. The van der Waals surface area contributed by atoms with Crippen LogP contribution in [0.15, 0.2) is 36.4 Å². The second kappa shape index (κ2) is 13.7. The Balaban J connectivity index is 2.01. The molecule has 0 spiro atoms. The molecule has 0 aromatic heterocycles. The van der Waals surface area contributed by atoms with E-state index in [1.807, 2.05) is 33.8 Å². The maximum Gasteiger partial charge on any atom is 0.276 e. The molecule has 0 unspecified atom stereocenters. The molecule has 0 saturated heterocycles. The number of para-hydroxylation sites is 2. The maximum atomic E-state index is 12.6. The predicted octanol–water partition coefficient (Wildman–Crippen LogP) is 3.51. The fourth-order valence-corrected chi connectivity index (χ4v) is 2.80. The molecule has 0 fully saturated rings. The van der Waals surface area contributed by atoms with Crippen molar-refractivity contribution in [1.82, 2.24) is 10.9 Å². The summed E-state index contributed by atoms with van der Waals surface area (Å²) in [4.78, 5) is 24.8. The van der Waals surface area contributed by atoms with Gasteiger partial charge in [0.25, 0.3) is 11.8 Å². The van der Waals surface area contributed by atoms with Crippen molar-refractivity contribution in [1.29, 1.82) is 0 Å². The molecule has 2 rings (SSSR count). The lowest BCUT2D eigenvalue weighted by atomic mass is 10.1. The average Bonchev–Trinajstić information content (AvgIpc) is 2.82. The van der Waals surface area contributed by atoms with Crippen molar-refractivity contribution >= 4 is 11.8 Å². The van der Waals surface area contributed by atoms with Gasteiger partial charge in [0, 0.05) is 5.56 Å². The molecule has 180 valence electrons. The van der Waals surface area contributed by atoms with Crippen molar-refractivity contribution in [2.45, 2.75) is 34.1 Å². The zero-order valence-electron chi connectivity index (χ0n) is 19.6. The fourth-order valence-electron chi connectivity index (χ4n) is 2.80.